The molecule has 0 bridgehead atoms. The van der Waals surface area contributed by atoms with Crippen LogP contribution in [0.4, 0.5) is 5.69 Å². The second-order valence-corrected chi connectivity index (χ2v) is 6.14. The molecule has 1 N–H and O–H groups in total. The number of ether oxygens (including phenoxy) is 2. The van der Waals surface area contributed by atoms with Gasteiger partial charge in [-0.25, -0.2) is 0 Å². The van der Waals surface area contributed by atoms with E-state index in [1.807, 2.05) is 19.9 Å². The molecule has 0 saturated heterocycles. The van der Waals surface area contributed by atoms with Crippen molar-refractivity contribution in [3.8, 4) is 17.6 Å². The predicted molar refractivity (Wildman–Crippen MR) is 102 cm³/mol. The van der Waals surface area contributed by atoms with Gasteiger partial charge in [-0.1, -0.05) is 23.7 Å². The maximum atomic E-state index is 12.4. The zero-order valence-electron chi connectivity index (χ0n) is 14.7. The fraction of sp³-hybridized carbons (Fsp3) is 0.200. The second kappa shape index (κ2) is 8.93. The number of nitrogens with one attached hydrogen (secondary N) is 1. The zero-order chi connectivity index (χ0) is 19.1. The van der Waals surface area contributed by atoms with Crippen molar-refractivity contribution in [2.45, 2.75) is 20.0 Å². The fourth-order valence-corrected chi connectivity index (χ4v) is 2.37. The summed E-state index contributed by atoms with van der Waals surface area (Å²) in [6, 6.07) is 13.9. The lowest BCUT2D eigenvalue weighted by Crippen LogP contribution is -2.14. The van der Waals surface area contributed by atoms with Crippen molar-refractivity contribution < 1.29 is 14.3 Å². The largest absolute Gasteiger partial charge is 0.495 e. The van der Waals surface area contributed by atoms with E-state index in [9.17, 15) is 10.1 Å². The molecule has 5 nitrogen and oxygen atoms in total. The van der Waals surface area contributed by atoms with Crippen LogP contribution < -0.4 is 14.8 Å². The third-order valence-corrected chi connectivity index (χ3v) is 3.57. The van der Waals surface area contributed by atoms with Gasteiger partial charge in [-0.2, -0.15) is 5.26 Å². The molecule has 0 aliphatic carbocycles. The molecule has 2 aromatic rings. The van der Waals surface area contributed by atoms with Gasteiger partial charge >= 0.3 is 0 Å². The summed E-state index contributed by atoms with van der Waals surface area (Å²) in [7, 11) is 1.49. The number of nitrogens with zero attached hydrogens (tertiary/aromatic N) is 1. The molecule has 6 heteroatoms. The molecule has 0 fully saturated rings. The Bertz CT molecular complexity index is 852. The molecular weight excluding hydrogens is 352 g/mol. The van der Waals surface area contributed by atoms with Gasteiger partial charge in [-0.3, -0.25) is 4.79 Å². The molecule has 0 heterocycles. The number of hydrogen-bond donors (Lipinski definition) is 1. The summed E-state index contributed by atoms with van der Waals surface area (Å²) in [5.41, 5.74) is 1.07. The normalized spacial score (nSPS) is 11.0. The van der Waals surface area contributed by atoms with E-state index in [2.05, 4.69) is 5.32 Å². The highest BCUT2D eigenvalue weighted by Crippen LogP contribution is 2.28. The fourth-order valence-electron chi connectivity index (χ4n) is 2.20. The van der Waals surface area contributed by atoms with Gasteiger partial charge in [-0.15, -0.1) is 0 Å². The zero-order valence-corrected chi connectivity index (χ0v) is 15.5. The van der Waals surface area contributed by atoms with Crippen molar-refractivity contribution in [3.05, 3.63) is 58.6 Å². The van der Waals surface area contributed by atoms with Gasteiger partial charge in [0.1, 0.15) is 23.1 Å². The highest BCUT2D eigenvalue weighted by molar-refractivity contribution is 6.31. The highest BCUT2D eigenvalue weighted by atomic mass is 35.5. The van der Waals surface area contributed by atoms with Crippen LogP contribution >= 0.6 is 11.6 Å². The van der Waals surface area contributed by atoms with Crippen molar-refractivity contribution in [1.29, 1.82) is 5.26 Å². The number of carbonyl (C=O) groups is 1. The average Bonchev–Trinajstić information content (AvgIpc) is 2.60. The van der Waals surface area contributed by atoms with Gasteiger partial charge in [0.2, 0.25) is 0 Å². The Kier molecular flexibility index (Phi) is 6.65. The van der Waals surface area contributed by atoms with Crippen molar-refractivity contribution in [2.75, 3.05) is 12.4 Å². The lowest BCUT2D eigenvalue weighted by molar-refractivity contribution is -0.112. The Morgan fingerprint density at radius 1 is 1.23 bits per heavy atom. The second-order valence-electron chi connectivity index (χ2n) is 5.70. The summed E-state index contributed by atoms with van der Waals surface area (Å²) < 4.78 is 10.8. The number of methoxy groups -OCH3 is 1. The molecule has 0 atom stereocenters. The minimum atomic E-state index is -0.546. The lowest BCUT2D eigenvalue weighted by atomic mass is 10.1. The summed E-state index contributed by atoms with van der Waals surface area (Å²) in [6.07, 6.45) is 1.58. The van der Waals surface area contributed by atoms with Gasteiger partial charge in [0, 0.05) is 5.02 Å². The maximum Gasteiger partial charge on any atom is 0.266 e. The summed E-state index contributed by atoms with van der Waals surface area (Å²) in [4.78, 5) is 12.4. The smallest absolute Gasteiger partial charge is 0.266 e. The molecule has 0 radical (unpaired) electrons. The Hall–Kier alpha value is -2.97. The molecular formula is C20H19ClN2O3. The first-order valence-electron chi connectivity index (χ1n) is 7.96. The molecule has 0 aliphatic heterocycles. The first kappa shape index (κ1) is 19.4. The summed E-state index contributed by atoms with van der Waals surface area (Å²) >= 11 is 5.95. The monoisotopic (exact) mass is 370 g/mol. The summed E-state index contributed by atoms with van der Waals surface area (Å²) in [5.74, 6) is 0.634. The third kappa shape index (κ3) is 5.27. The van der Waals surface area contributed by atoms with Crippen molar-refractivity contribution >= 4 is 29.3 Å². The molecule has 0 aromatic heterocycles. The van der Waals surface area contributed by atoms with Crippen LogP contribution in [0.15, 0.2) is 48.0 Å². The number of halogens is 1. The van der Waals surface area contributed by atoms with E-state index in [4.69, 9.17) is 21.1 Å². The predicted octanol–water partition coefficient (Wildman–Crippen LogP) is 4.68. The van der Waals surface area contributed by atoms with Crippen LogP contribution in [-0.2, 0) is 4.79 Å². The van der Waals surface area contributed by atoms with Crippen LogP contribution in [0.2, 0.25) is 5.02 Å². The molecule has 134 valence electrons. The minimum absolute atomic E-state index is 0.0374. The SMILES string of the molecule is COc1ccc(Cl)cc1NC(=O)/C(C#N)=C/c1ccc(OC(C)C)cc1. The number of carbonyl (C=O) groups excluding carboxylic acids is 1. The van der Waals surface area contributed by atoms with Gasteiger partial charge < -0.3 is 14.8 Å². The quantitative estimate of drug-likeness (QED) is 0.592. The Balaban J connectivity index is 2.19. The van der Waals surface area contributed by atoms with Crippen molar-refractivity contribution in [2.24, 2.45) is 0 Å². The molecule has 0 unspecified atom stereocenters. The van der Waals surface area contributed by atoms with Crippen molar-refractivity contribution in [3.63, 3.8) is 0 Å². The van der Waals surface area contributed by atoms with Gasteiger partial charge in [0.25, 0.3) is 5.91 Å². The van der Waals surface area contributed by atoms with Crippen LogP contribution in [0.25, 0.3) is 6.08 Å². The molecule has 2 aromatic carbocycles. The maximum absolute atomic E-state index is 12.4. The van der Waals surface area contributed by atoms with E-state index in [1.54, 1.807) is 42.5 Å². The van der Waals surface area contributed by atoms with Crippen LogP contribution in [0, 0.1) is 11.3 Å². The van der Waals surface area contributed by atoms with Crippen LogP contribution in [0.3, 0.4) is 0 Å². The first-order chi connectivity index (χ1) is 12.4. The summed E-state index contributed by atoms with van der Waals surface area (Å²) in [5, 5.41) is 12.4. The Morgan fingerprint density at radius 3 is 2.50 bits per heavy atom. The molecule has 26 heavy (non-hydrogen) atoms. The topological polar surface area (TPSA) is 71.3 Å². The number of nitriles is 1. The lowest BCUT2D eigenvalue weighted by Gasteiger charge is -2.10. The minimum Gasteiger partial charge on any atom is -0.495 e. The third-order valence-electron chi connectivity index (χ3n) is 3.34. The number of amides is 1. The number of hydrogen-bond acceptors (Lipinski definition) is 4. The van der Waals surface area contributed by atoms with E-state index in [1.165, 1.54) is 13.2 Å². The molecule has 1 amide bonds. The van der Waals surface area contributed by atoms with E-state index in [0.717, 1.165) is 5.75 Å². The number of anilines is 1. The van der Waals surface area contributed by atoms with Crippen molar-refractivity contribution in [1.82, 2.24) is 0 Å². The number of rotatable bonds is 6. The van der Waals surface area contributed by atoms with E-state index in [0.29, 0.717) is 22.0 Å². The van der Waals surface area contributed by atoms with Crippen LogP contribution in [0.1, 0.15) is 19.4 Å². The molecule has 2 rings (SSSR count). The van der Waals surface area contributed by atoms with Gasteiger partial charge in [0.15, 0.2) is 0 Å². The standard InChI is InChI=1S/C20H19ClN2O3/c1-13(2)26-17-7-4-14(5-8-17)10-15(12-22)20(24)23-18-11-16(21)6-9-19(18)25-3/h4-11,13H,1-3H3,(H,23,24)/b15-10+. The van der Waals surface area contributed by atoms with E-state index >= 15 is 0 Å². The van der Waals surface area contributed by atoms with Crippen LogP contribution in [0.5, 0.6) is 11.5 Å². The Labute approximate surface area is 157 Å². The van der Waals surface area contributed by atoms with Gasteiger partial charge in [0.05, 0.1) is 18.9 Å². The average molecular weight is 371 g/mol. The summed E-state index contributed by atoms with van der Waals surface area (Å²) in [6.45, 7) is 3.88. The van der Waals surface area contributed by atoms with E-state index < -0.39 is 5.91 Å². The van der Waals surface area contributed by atoms with Gasteiger partial charge in [-0.05, 0) is 55.8 Å². The molecule has 0 aliphatic rings. The molecule has 0 spiro atoms. The first-order valence-corrected chi connectivity index (χ1v) is 8.34. The Morgan fingerprint density at radius 2 is 1.92 bits per heavy atom. The van der Waals surface area contributed by atoms with Crippen LogP contribution in [-0.4, -0.2) is 19.1 Å². The molecule has 0 saturated carbocycles. The van der Waals surface area contributed by atoms with E-state index in [-0.39, 0.29) is 11.7 Å². The highest BCUT2D eigenvalue weighted by Gasteiger charge is 2.13. The number of benzene rings is 2.